The van der Waals surface area contributed by atoms with Crippen LogP contribution in [-0.4, -0.2) is 40.8 Å². The van der Waals surface area contributed by atoms with Crippen LogP contribution in [0.2, 0.25) is 0 Å². The maximum Gasteiger partial charge on any atom is 0.303 e. The smallest absolute Gasteiger partial charge is 0.303 e. The number of unbranched alkanes of at least 4 members (excludes halogenated alkanes) is 5. The molecular formula is C23H42O5. The van der Waals surface area contributed by atoms with E-state index >= 15 is 0 Å². The minimum atomic E-state index is -0.700. The van der Waals surface area contributed by atoms with Crippen LogP contribution in [0.1, 0.15) is 104 Å². The normalized spacial score (nSPS) is 30.9. The zero-order chi connectivity index (χ0) is 20.4. The quantitative estimate of drug-likeness (QED) is 0.389. The largest absolute Gasteiger partial charge is 0.481 e. The number of hydrogen-bond donors (Lipinski definition) is 2. The summed E-state index contributed by atoms with van der Waals surface area (Å²) in [4.78, 5) is 10.6. The Hall–Kier alpha value is -0.650. The summed E-state index contributed by atoms with van der Waals surface area (Å²) in [6.07, 6.45) is 13.7. The zero-order valence-electron chi connectivity index (χ0n) is 18.0. The summed E-state index contributed by atoms with van der Waals surface area (Å²) in [6, 6.07) is 0. The number of carboxylic acids is 1. The molecule has 0 radical (unpaired) electrons. The van der Waals surface area contributed by atoms with Crippen molar-refractivity contribution in [3.8, 4) is 0 Å². The Labute approximate surface area is 171 Å². The third-order valence-corrected chi connectivity index (χ3v) is 6.63. The van der Waals surface area contributed by atoms with Crippen molar-refractivity contribution in [2.75, 3.05) is 6.61 Å². The fourth-order valence-electron chi connectivity index (χ4n) is 5.10. The number of carboxylic acid groups (broad SMARTS) is 1. The summed E-state index contributed by atoms with van der Waals surface area (Å²) < 4.78 is 12.5. The molecule has 164 valence electrons. The molecule has 2 rings (SSSR count). The number of aliphatic hydroxyl groups excluding tert-OH is 1. The molecule has 1 heterocycles. The fraction of sp³-hybridized carbons (Fsp3) is 0.957. The average molecular weight is 399 g/mol. The van der Waals surface area contributed by atoms with Gasteiger partial charge in [0.2, 0.25) is 0 Å². The van der Waals surface area contributed by atoms with Crippen LogP contribution in [0.15, 0.2) is 0 Å². The summed E-state index contributed by atoms with van der Waals surface area (Å²) >= 11 is 0. The molecule has 1 saturated heterocycles. The van der Waals surface area contributed by atoms with Gasteiger partial charge in [0.1, 0.15) is 0 Å². The lowest BCUT2D eigenvalue weighted by molar-refractivity contribution is -0.196. The van der Waals surface area contributed by atoms with Gasteiger partial charge in [-0.15, -0.1) is 0 Å². The van der Waals surface area contributed by atoms with Crippen LogP contribution in [0.25, 0.3) is 0 Å². The highest BCUT2D eigenvalue weighted by Gasteiger charge is 2.53. The van der Waals surface area contributed by atoms with E-state index in [0.717, 1.165) is 70.6 Å². The molecule has 1 aliphatic heterocycles. The molecular weight excluding hydrogens is 356 g/mol. The third-order valence-electron chi connectivity index (χ3n) is 6.63. The van der Waals surface area contributed by atoms with Gasteiger partial charge >= 0.3 is 5.97 Å². The maximum absolute atomic E-state index is 10.6. The maximum atomic E-state index is 10.6. The highest BCUT2D eigenvalue weighted by molar-refractivity contribution is 5.66. The highest BCUT2D eigenvalue weighted by atomic mass is 16.7. The van der Waals surface area contributed by atoms with Crippen LogP contribution in [0, 0.1) is 11.8 Å². The second-order valence-electron chi connectivity index (χ2n) is 9.03. The lowest BCUT2D eigenvalue weighted by Crippen LogP contribution is -2.37. The molecule has 5 atom stereocenters. The Morgan fingerprint density at radius 1 is 1.11 bits per heavy atom. The van der Waals surface area contributed by atoms with Crippen molar-refractivity contribution in [2.45, 2.75) is 122 Å². The van der Waals surface area contributed by atoms with Gasteiger partial charge in [-0.2, -0.15) is 0 Å². The van der Waals surface area contributed by atoms with E-state index in [9.17, 15) is 9.90 Å². The van der Waals surface area contributed by atoms with Gasteiger partial charge in [0.05, 0.1) is 18.8 Å². The molecule has 0 bridgehead atoms. The van der Waals surface area contributed by atoms with Gasteiger partial charge in [-0.05, 0) is 51.4 Å². The highest BCUT2D eigenvalue weighted by Crippen LogP contribution is 2.51. The van der Waals surface area contributed by atoms with Crippen LogP contribution in [0.4, 0.5) is 0 Å². The Morgan fingerprint density at radius 3 is 2.57 bits per heavy atom. The van der Waals surface area contributed by atoms with Crippen molar-refractivity contribution >= 4 is 5.97 Å². The van der Waals surface area contributed by atoms with Crippen LogP contribution < -0.4 is 0 Å². The molecule has 0 aromatic rings. The van der Waals surface area contributed by atoms with E-state index in [2.05, 4.69) is 13.8 Å². The minimum Gasteiger partial charge on any atom is -0.481 e. The van der Waals surface area contributed by atoms with Gasteiger partial charge in [-0.25, -0.2) is 0 Å². The topological polar surface area (TPSA) is 76.0 Å². The summed E-state index contributed by atoms with van der Waals surface area (Å²) in [5.41, 5.74) is 0. The molecule has 0 aromatic heterocycles. The van der Waals surface area contributed by atoms with Crippen molar-refractivity contribution in [1.82, 2.24) is 0 Å². The number of aliphatic carboxylic acids is 1. The lowest BCUT2D eigenvalue weighted by atomic mass is 9.84. The second-order valence-corrected chi connectivity index (χ2v) is 9.03. The van der Waals surface area contributed by atoms with Crippen LogP contribution >= 0.6 is 0 Å². The van der Waals surface area contributed by atoms with Gasteiger partial charge < -0.3 is 19.7 Å². The van der Waals surface area contributed by atoms with Crippen LogP contribution in [0.5, 0.6) is 0 Å². The first kappa shape index (κ1) is 23.6. The molecule has 0 aromatic carbocycles. The standard InChI is InChI=1S/C23H42O5/c1-3-4-7-10-20(24)14-13-19-15-16-23(27-17-18(2)28-23)21(19)11-8-5-6-9-12-22(25)26/h18-21,24H,3-17H2,1-2H3,(H,25,26)/t18?,19-,20?,21+,23?/m0/s1. The molecule has 2 fully saturated rings. The Kier molecular flexibility index (Phi) is 10.2. The summed E-state index contributed by atoms with van der Waals surface area (Å²) in [7, 11) is 0. The molecule has 2 N–H and O–H groups in total. The first-order chi connectivity index (χ1) is 13.5. The van der Waals surface area contributed by atoms with Crippen molar-refractivity contribution in [3.05, 3.63) is 0 Å². The first-order valence-electron chi connectivity index (χ1n) is 11.7. The summed E-state index contributed by atoms with van der Waals surface area (Å²) in [5, 5.41) is 19.1. The van der Waals surface area contributed by atoms with E-state index in [4.69, 9.17) is 14.6 Å². The Morgan fingerprint density at radius 2 is 1.89 bits per heavy atom. The van der Waals surface area contributed by atoms with Crippen molar-refractivity contribution in [3.63, 3.8) is 0 Å². The molecule has 5 heteroatoms. The van der Waals surface area contributed by atoms with Gasteiger partial charge in [-0.1, -0.05) is 45.4 Å². The van der Waals surface area contributed by atoms with Crippen LogP contribution in [0.3, 0.4) is 0 Å². The molecule has 5 nitrogen and oxygen atoms in total. The number of rotatable bonds is 14. The number of carbonyl (C=O) groups is 1. The monoisotopic (exact) mass is 398 g/mol. The predicted octanol–water partition coefficient (Wildman–Crippen LogP) is 5.29. The van der Waals surface area contributed by atoms with E-state index in [0.29, 0.717) is 18.4 Å². The van der Waals surface area contributed by atoms with Crippen LogP contribution in [-0.2, 0) is 14.3 Å². The molecule has 2 aliphatic rings. The predicted molar refractivity (Wildman–Crippen MR) is 110 cm³/mol. The average Bonchev–Trinajstić information content (AvgIpc) is 3.19. The van der Waals surface area contributed by atoms with E-state index < -0.39 is 11.8 Å². The van der Waals surface area contributed by atoms with Gasteiger partial charge in [0.15, 0.2) is 5.79 Å². The molecule has 1 saturated carbocycles. The Bertz CT molecular complexity index is 454. The fourth-order valence-corrected chi connectivity index (χ4v) is 5.10. The van der Waals surface area contributed by atoms with Crippen molar-refractivity contribution in [1.29, 1.82) is 0 Å². The second kappa shape index (κ2) is 12.1. The molecule has 1 spiro atoms. The van der Waals surface area contributed by atoms with E-state index in [-0.39, 0.29) is 18.6 Å². The number of aliphatic hydroxyl groups is 1. The summed E-state index contributed by atoms with van der Waals surface area (Å²) in [5.74, 6) is -0.142. The first-order valence-corrected chi connectivity index (χ1v) is 11.7. The Balaban J connectivity index is 1.80. The third kappa shape index (κ3) is 7.31. The molecule has 1 aliphatic carbocycles. The van der Waals surface area contributed by atoms with Crippen molar-refractivity contribution < 1.29 is 24.5 Å². The molecule has 3 unspecified atom stereocenters. The lowest BCUT2D eigenvalue weighted by Gasteiger charge is -2.33. The number of hydrogen-bond acceptors (Lipinski definition) is 4. The summed E-state index contributed by atoms with van der Waals surface area (Å²) in [6.45, 7) is 4.96. The minimum absolute atomic E-state index is 0.163. The SMILES string of the molecule is CCCCCC(O)CC[C@H]1CCC2(OCC(C)O2)[C@@H]1CCCCCCC(=O)O. The van der Waals surface area contributed by atoms with Gasteiger partial charge in [0.25, 0.3) is 0 Å². The van der Waals surface area contributed by atoms with Crippen molar-refractivity contribution in [2.24, 2.45) is 11.8 Å². The molecule has 28 heavy (non-hydrogen) atoms. The molecule has 0 amide bonds. The van der Waals surface area contributed by atoms with E-state index in [1.807, 2.05) is 0 Å². The van der Waals surface area contributed by atoms with Gasteiger partial charge in [-0.3, -0.25) is 4.79 Å². The van der Waals surface area contributed by atoms with E-state index in [1.165, 1.54) is 12.8 Å². The zero-order valence-corrected chi connectivity index (χ0v) is 18.0. The van der Waals surface area contributed by atoms with Gasteiger partial charge in [0, 0.05) is 18.8 Å². The number of ether oxygens (including phenoxy) is 2. The van der Waals surface area contributed by atoms with E-state index in [1.54, 1.807) is 0 Å².